The molecule has 0 aliphatic heterocycles. The maximum atomic E-state index is 12.0. The summed E-state index contributed by atoms with van der Waals surface area (Å²) in [6.07, 6.45) is 4.15. The summed E-state index contributed by atoms with van der Waals surface area (Å²) in [4.78, 5) is 12.0. The van der Waals surface area contributed by atoms with Crippen molar-refractivity contribution < 1.29 is 5.11 Å². The van der Waals surface area contributed by atoms with E-state index in [0.29, 0.717) is 5.56 Å². The van der Waals surface area contributed by atoms with Crippen molar-refractivity contribution in [2.24, 2.45) is 0 Å². The van der Waals surface area contributed by atoms with Gasteiger partial charge in [0.2, 0.25) is 0 Å². The molecule has 1 aliphatic carbocycles. The van der Waals surface area contributed by atoms with Crippen LogP contribution in [0, 0.1) is 0 Å². The van der Waals surface area contributed by atoms with Crippen LogP contribution >= 0.6 is 0 Å². The minimum Gasteiger partial charge on any atom is -0.391 e. The minimum atomic E-state index is -0.143. The lowest BCUT2D eigenvalue weighted by molar-refractivity contribution is 0.278. The van der Waals surface area contributed by atoms with Crippen molar-refractivity contribution in [1.82, 2.24) is 4.57 Å². The molecule has 1 aromatic heterocycles. The molecule has 15 heavy (non-hydrogen) atoms. The largest absolute Gasteiger partial charge is 0.391 e. The average Bonchev–Trinajstić information content (AvgIpc) is 2.69. The maximum absolute atomic E-state index is 12.0. The van der Waals surface area contributed by atoms with Crippen LogP contribution in [0.15, 0.2) is 10.9 Å². The molecule has 0 aromatic carbocycles. The Morgan fingerprint density at radius 3 is 2.93 bits per heavy atom. The van der Waals surface area contributed by atoms with Crippen LogP contribution in [-0.4, -0.2) is 9.67 Å². The molecule has 0 atom stereocenters. The minimum absolute atomic E-state index is 0.000000000000000222. The molecular formula is C12H17NO2. The number of rotatable bonds is 3. The molecule has 0 spiro atoms. The zero-order valence-electron chi connectivity index (χ0n) is 9.12. The summed E-state index contributed by atoms with van der Waals surface area (Å²) in [5.74, 6) is 0. The van der Waals surface area contributed by atoms with Gasteiger partial charge in [0.1, 0.15) is 0 Å². The van der Waals surface area contributed by atoms with Gasteiger partial charge in [-0.1, -0.05) is 6.92 Å². The number of aromatic nitrogens is 1. The van der Waals surface area contributed by atoms with E-state index >= 15 is 0 Å². The molecule has 0 unspecified atom stereocenters. The Balaban J connectivity index is 2.58. The fourth-order valence-electron chi connectivity index (χ4n) is 2.36. The molecule has 2 rings (SSSR count). The Labute approximate surface area is 89.4 Å². The van der Waals surface area contributed by atoms with Crippen LogP contribution < -0.4 is 5.56 Å². The summed E-state index contributed by atoms with van der Waals surface area (Å²) in [6, 6.07) is 1.89. The number of aliphatic hydroxyl groups excluding tert-OH is 1. The van der Waals surface area contributed by atoms with Gasteiger partial charge in [-0.25, -0.2) is 0 Å². The highest BCUT2D eigenvalue weighted by atomic mass is 16.3. The third-order valence-electron chi connectivity index (χ3n) is 3.04. The molecule has 3 nitrogen and oxygen atoms in total. The first-order valence-corrected chi connectivity index (χ1v) is 5.63. The van der Waals surface area contributed by atoms with E-state index in [1.54, 1.807) is 0 Å². The van der Waals surface area contributed by atoms with Crippen LogP contribution in [0.25, 0.3) is 0 Å². The van der Waals surface area contributed by atoms with E-state index in [4.69, 9.17) is 5.11 Å². The maximum Gasteiger partial charge on any atom is 0.256 e. The summed E-state index contributed by atoms with van der Waals surface area (Å²) in [5, 5.41) is 9.13. The normalized spacial score (nSPS) is 14.3. The molecular weight excluding hydrogens is 190 g/mol. The summed E-state index contributed by atoms with van der Waals surface area (Å²) in [6.45, 7) is 2.70. The molecule has 3 heteroatoms. The smallest absolute Gasteiger partial charge is 0.256 e. The highest BCUT2D eigenvalue weighted by Crippen LogP contribution is 2.21. The van der Waals surface area contributed by atoms with Crippen molar-refractivity contribution in [3.8, 4) is 0 Å². The molecule has 0 saturated carbocycles. The summed E-state index contributed by atoms with van der Waals surface area (Å²) >= 11 is 0. The molecule has 1 aromatic rings. The van der Waals surface area contributed by atoms with E-state index in [9.17, 15) is 4.79 Å². The number of nitrogens with zero attached hydrogens (tertiary/aromatic N) is 1. The number of hydrogen-bond acceptors (Lipinski definition) is 2. The monoisotopic (exact) mass is 207 g/mol. The predicted molar refractivity (Wildman–Crippen MR) is 58.9 cm³/mol. The SMILES string of the molecule is CCCn1c2c(cc(CO)c1=O)CCC2. The van der Waals surface area contributed by atoms with Crippen molar-refractivity contribution in [3.63, 3.8) is 0 Å². The first-order chi connectivity index (χ1) is 7.27. The van der Waals surface area contributed by atoms with Crippen LogP contribution in [0.2, 0.25) is 0 Å². The zero-order valence-corrected chi connectivity index (χ0v) is 9.12. The summed E-state index contributed by atoms with van der Waals surface area (Å²) in [5.41, 5.74) is 3.00. The Kier molecular flexibility index (Phi) is 2.91. The molecule has 1 heterocycles. The molecule has 0 saturated heterocycles. The lowest BCUT2D eigenvalue weighted by Crippen LogP contribution is -2.27. The molecule has 1 N–H and O–H groups in total. The van der Waals surface area contributed by atoms with Gasteiger partial charge in [0, 0.05) is 17.8 Å². The van der Waals surface area contributed by atoms with Crippen LogP contribution in [0.1, 0.15) is 36.6 Å². The van der Waals surface area contributed by atoms with Crippen molar-refractivity contribution in [1.29, 1.82) is 0 Å². The Morgan fingerprint density at radius 1 is 1.47 bits per heavy atom. The van der Waals surface area contributed by atoms with Crippen LogP contribution in [0.5, 0.6) is 0 Å². The molecule has 1 aliphatic rings. The molecule has 0 radical (unpaired) electrons. The topological polar surface area (TPSA) is 42.2 Å². The number of pyridine rings is 1. The summed E-state index contributed by atoms with van der Waals surface area (Å²) in [7, 11) is 0. The van der Waals surface area contributed by atoms with Crippen LogP contribution in [-0.2, 0) is 26.0 Å². The van der Waals surface area contributed by atoms with E-state index in [1.165, 1.54) is 11.3 Å². The van der Waals surface area contributed by atoms with E-state index < -0.39 is 0 Å². The number of aryl methyl sites for hydroxylation is 1. The van der Waals surface area contributed by atoms with Gasteiger partial charge >= 0.3 is 0 Å². The predicted octanol–water partition coefficient (Wildman–Crippen LogP) is 1.24. The van der Waals surface area contributed by atoms with Gasteiger partial charge in [-0.3, -0.25) is 4.79 Å². The van der Waals surface area contributed by atoms with Crippen molar-refractivity contribution in [2.75, 3.05) is 0 Å². The van der Waals surface area contributed by atoms with Gasteiger partial charge in [-0.15, -0.1) is 0 Å². The van der Waals surface area contributed by atoms with Crippen molar-refractivity contribution in [3.05, 3.63) is 33.2 Å². The van der Waals surface area contributed by atoms with Crippen LogP contribution in [0.4, 0.5) is 0 Å². The molecule has 0 bridgehead atoms. The fraction of sp³-hybridized carbons (Fsp3) is 0.583. The van der Waals surface area contributed by atoms with Crippen LogP contribution in [0.3, 0.4) is 0 Å². The van der Waals surface area contributed by atoms with Gasteiger partial charge in [-0.05, 0) is 37.3 Å². The second-order valence-electron chi connectivity index (χ2n) is 4.11. The number of aliphatic hydroxyl groups is 1. The average molecular weight is 207 g/mol. The van der Waals surface area contributed by atoms with Gasteiger partial charge in [-0.2, -0.15) is 0 Å². The number of hydrogen-bond donors (Lipinski definition) is 1. The first kappa shape index (κ1) is 10.4. The van der Waals surface area contributed by atoms with Crippen molar-refractivity contribution >= 4 is 0 Å². The highest BCUT2D eigenvalue weighted by Gasteiger charge is 2.17. The highest BCUT2D eigenvalue weighted by molar-refractivity contribution is 5.30. The van der Waals surface area contributed by atoms with E-state index in [2.05, 4.69) is 6.92 Å². The molecule has 82 valence electrons. The quantitative estimate of drug-likeness (QED) is 0.810. The third-order valence-corrected chi connectivity index (χ3v) is 3.04. The fourth-order valence-corrected chi connectivity index (χ4v) is 2.36. The second kappa shape index (κ2) is 4.19. The van der Waals surface area contributed by atoms with E-state index in [1.807, 2.05) is 10.6 Å². The van der Waals surface area contributed by atoms with Gasteiger partial charge in [0.25, 0.3) is 5.56 Å². The Bertz CT molecular complexity index is 420. The van der Waals surface area contributed by atoms with Crippen molar-refractivity contribution in [2.45, 2.75) is 45.8 Å². The standard InChI is InChI=1S/C12H17NO2/c1-2-6-13-11-5-3-4-9(11)7-10(8-14)12(13)15/h7,14H,2-6,8H2,1H3. The van der Waals surface area contributed by atoms with Gasteiger partial charge in [0.15, 0.2) is 0 Å². The lowest BCUT2D eigenvalue weighted by Gasteiger charge is -2.12. The van der Waals surface area contributed by atoms with Gasteiger partial charge in [0.05, 0.1) is 6.61 Å². The van der Waals surface area contributed by atoms with Gasteiger partial charge < -0.3 is 9.67 Å². The lowest BCUT2D eigenvalue weighted by atomic mass is 10.1. The van der Waals surface area contributed by atoms with E-state index in [0.717, 1.165) is 32.2 Å². The molecule has 0 fully saturated rings. The molecule has 0 amide bonds. The van der Waals surface area contributed by atoms with E-state index in [-0.39, 0.29) is 12.2 Å². The second-order valence-corrected chi connectivity index (χ2v) is 4.11. The number of fused-ring (bicyclic) bond motifs is 1. The zero-order chi connectivity index (χ0) is 10.8. The third kappa shape index (κ3) is 1.72. The first-order valence-electron chi connectivity index (χ1n) is 5.63. The Morgan fingerprint density at radius 2 is 2.27 bits per heavy atom. The summed E-state index contributed by atoms with van der Waals surface area (Å²) < 4.78 is 1.86. The Hall–Kier alpha value is -1.09.